The lowest BCUT2D eigenvalue weighted by Crippen LogP contribution is -2.45. The van der Waals surface area contributed by atoms with Gasteiger partial charge in [0, 0.05) is 0 Å². The number of alkyl carbamates (subject to hydrolysis) is 1. The van der Waals surface area contributed by atoms with Crippen LogP contribution in [0.3, 0.4) is 0 Å². The molecule has 0 radical (unpaired) electrons. The Bertz CT molecular complexity index is 277. The minimum absolute atomic E-state index is 0.426. The van der Waals surface area contributed by atoms with Crippen LogP contribution >= 0.6 is 0 Å². The largest absolute Gasteiger partial charge is 0.444 e. The van der Waals surface area contributed by atoms with Crippen molar-refractivity contribution in [1.29, 1.82) is 0 Å². The first-order chi connectivity index (χ1) is 7.65. The highest BCUT2D eigenvalue weighted by atomic mass is 16.6. The molecule has 0 unspecified atom stereocenters. The first-order valence-electron chi connectivity index (χ1n) is 5.59. The van der Waals surface area contributed by atoms with Gasteiger partial charge in [0.05, 0.1) is 12.6 Å². The van der Waals surface area contributed by atoms with E-state index < -0.39 is 30.4 Å². The third-order valence-electron chi connectivity index (χ3n) is 1.80. The lowest BCUT2D eigenvalue weighted by Gasteiger charge is -2.24. The summed E-state index contributed by atoms with van der Waals surface area (Å²) in [4.78, 5) is 11.5. The van der Waals surface area contributed by atoms with Gasteiger partial charge in [0.25, 0.3) is 0 Å². The zero-order chi connectivity index (χ0) is 13.6. The molecule has 0 aliphatic carbocycles. The summed E-state index contributed by atoms with van der Waals surface area (Å²) in [5, 5.41) is 20.9. The molecule has 5 heteroatoms. The van der Waals surface area contributed by atoms with Crippen molar-refractivity contribution in [2.45, 2.75) is 52.4 Å². The number of aliphatic hydroxyl groups excluding tert-OH is 2. The number of aliphatic hydroxyl groups is 2. The summed E-state index contributed by atoms with van der Waals surface area (Å²) in [6.45, 7) is 8.52. The Labute approximate surface area is 102 Å². The van der Waals surface area contributed by atoms with Gasteiger partial charge in [0.1, 0.15) is 11.7 Å². The summed E-state index contributed by atoms with van der Waals surface area (Å²) < 4.78 is 5.07. The van der Waals surface area contributed by atoms with E-state index in [-0.39, 0.29) is 0 Å². The number of nitrogens with one attached hydrogen (secondary N) is 1. The van der Waals surface area contributed by atoms with Crippen molar-refractivity contribution in [1.82, 2.24) is 5.32 Å². The van der Waals surface area contributed by atoms with E-state index in [0.717, 1.165) is 5.57 Å². The number of allylic oxidation sites excluding steroid dienone is 1. The second-order valence-electron chi connectivity index (χ2n) is 5.17. The number of hydrogen-bond acceptors (Lipinski definition) is 4. The summed E-state index contributed by atoms with van der Waals surface area (Å²) in [5.41, 5.74) is 0.336. The van der Waals surface area contributed by atoms with Crippen LogP contribution < -0.4 is 5.32 Å². The van der Waals surface area contributed by atoms with E-state index in [9.17, 15) is 9.90 Å². The smallest absolute Gasteiger partial charge is 0.408 e. The van der Waals surface area contributed by atoms with Crippen LogP contribution in [0.2, 0.25) is 0 Å². The third-order valence-corrected chi connectivity index (χ3v) is 1.80. The number of hydrogen-bond donors (Lipinski definition) is 3. The van der Waals surface area contributed by atoms with Crippen LogP contribution in [0.15, 0.2) is 11.6 Å². The zero-order valence-corrected chi connectivity index (χ0v) is 11.2. The van der Waals surface area contributed by atoms with E-state index in [0.29, 0.717) is 0 Å². The van der Waals surface area contributed by atoms with Crippen LogP contribution in [0.25, 0.3) is 0 Å². The predicted octanol–water partition coefficient (Wildman–Crippen LogP) is 1.20. The van der Waals surface area contributed by atoms with Gasteiger partial charge >= 0.3 is 6.09 Å². The molecule has 0 saturated carbocycles. The molecule has 0 rings (SSSR count). The van der Waals surface area contributed by atoms with Crippen molar-refractivity contribution in [3.05, 3.63) is 11.6 Å². The van der Waals surface area contributed by atoms with E-state index in [4.69, 9.17) is 9.84 Å². The molecule has 0 aliphatic rings. The highest BCUT2D eigenvalue weighted by Gasteiger charge is 2.22. The first kappa shape index (κ1) is 15.9. The molecule has 1 amide bonds. The summed E-state index contributed by atoms with van der Waals surface area (Å²) >= 11 is 0. The summed E-state index contributed by atoms with van der Waals surface area (Å²) in [7, 11) is 0. The fourth-order valence-corrected chi connectivity index (χ4v) is 1.17. The minimum Gasteiger partial charge on any atom is -0.444 e. The highest BCUT2D eigenvalue weighted by Crippen LogP contribution is 2.08. The number of carbonyl (C=O) groups is 1. The molecular formula is C12H23NO4. The Morgan fingerprint density at radius 3 is 2.29 bits per heavy atom. The van der Waals surface area contributed by atoms with E-state index >= 15 is 0 Å². The van der Waals surface area contributed by atoms with Gasteiger partial charge in [-0.15, -0.1) is 0 Å². The molecule has 0 aliphatic heterocycles. The van der Waals surface area contributed by atoms with Gasteiger partial charge in [-0.25, -0.2) is 4.79 Å². The monoisotopic (exact) mass is 245 g/mol. The second kappa shape index (κ2) is 6.61. The number of rotatable bonds is 4. The molecule has 0 aromatic heterocycles. The third kappa shape index (κ3) is 7.76. The van der Waals surface area contributed by atoms with E-state index in [1.54, 1.807) is 26.8 Å². The van der Waals surface area contributed by atoms with Crippen molar-refractivity contribution in [2.24, 2.45) is 0 Å². The average Bonchev–Trinajstić information content (AvgIpc) is 2.11. The number of amides is 1. The maximum atomic E-state index is 11.5. The highest BCUT2D eigenvalue weighted by molar-refractivity contribution is 5.68. The molecule has 100 valence electrons. The molecule has 0 aromatic carbocycles. The van der Waals surface area contributed by atoms with E-state index in [1.807, 2.05) is 13.8 Å². The number of ether oxygens (including phenoxy) is 1. The summed E-state index contributed by atoms with van der Waals surface area (Å²) in [5.74, 6) is 0. The molecule has 0 heterocycles. The van der Waals surface area contributed by atoms with Crippen molar-refractivity contribution in [2.75, 3.05) is 6.61 Å². The molecule has 0 spiro atoms. The molecule has 2 atom stereocenters. The average molecular weight is 245 g/mol. The lowest BCUT2D eigenvalue weighted by atomic mass is 10.1. The molecule has 0 aromatic rings. The molecular weight excluding hydrogens is 222 g/mol. The molecule has 0 bridgehead atoms. The second-order valence-corrected chi connectivity index (χ2v) is 5.17. The fraction of sp³-hybridized carbons (Fsp3) is 0.750. The fourth-order valence-electron chi connectivity index (χ4n) is 1.17. The molecule has 0 fully saturated rings. The lowest BCUT2D eigenvalue weighted by molar-refractivity contribution is 0.0381. The maximum Gasteiger partial charge on any atom is 0.408 e. The van der Waals surface area contributed by atoms with Crippen LogP contribution in [-0.2, 0) is 4.74 Å². The quantitative estimate of drug-likeness (QED) is 0.650. The van der Waals surface area contributed by atoms with Gasteiger partial charge in [-0.1, -0.05) is 11.6 Å². The van der Waals surface area contributed by atoms with Crippen LogP contribution in [0.5, 0.6) is 0 Å². The van der Waals surface area contributed by atoms with Gasteiger partial charge < -0.3 is 20.3 Å². The van der Waals surface area contributed by atoms with Gasteiger partial charge in [-0.05, 0) is 34.6 Å². The van der Waals surface area contributed by atoms with Crippen molar-refractivity contribution < 1.29 is 19.7 Å². The Hall–Kier alpha value is -1.07. The Morgan fingerprint density at radius 1 is 1.41 bits per heavy atom. The van der Waals surface area contributed by atoms with Crippen LogP contribution in [-0.4, -0.2) is 40.7 Å². The van der Waals surface area contributed by atoms with Gasteiger partial charge in [-0.3, -0.25) is 0 Å². The zero-order valence-electron chi connectivity index (χ0n) is 11.2. The van der Waals surface area contributed by atoms with Crippen molar-refractivity contribution in [3.8, 4) is 0 Å². The van der Waals surface area contributed by atoms with Crippen molar-refractivity contribution in [3.63, 3.8) is 0 Å². The summed E-state index contributed by atoms with van der Waals surface area (Å²) in [6, 6.07) is -0.653. The van der Waals surface area contributed by atoms with Gasteiger partial charge in [0.2, 0.25) is 0 Å². The Kier molecular flexibility index (Phi) is 6.20. The topological polar surface area (TPSA) is 78.8 Å². The van der Waals surface area contributed by atoms with E-state index in [2.05, 4.69) is 5.32 Å². The predicted molar refractivity (Wildman–Crippen MR) is 65.7 cm³/mol. The standard InChI is InChI=1S/C12H23NO4/c1-8(2)6-9(10(15)7-14)13-11(16)17-12(3,4)5/h6,9-10,14-15H,7H2,1-5H3,(H,13,16)/t9-,10-/m0/s1. The minimum atomic E-state index is -1.04. The summed E-state index contributed by atoms with van der Waals surface area (Å²) in [6.07, 6.45) is 0.00932. The van der Waals surface area contributed by atoms with Gasteiger partial charge in [0.15, 0.2) is 0 Å². The SMILES string of the molecule is CC(C)=C[C@H](NC(=O)OC(C)(C)C)[C@@H](O)CO. The number of carbonyl (C=O) groups excluding carboxylic acids is 1. The maximum absolute atomic E-state index is 11.5. The van der Waals surface area contributed by atoms with Gasteiger partial charge in [-0.2, -0.15) is 0 Å². The first-order valence-corrected chi connectivity index (χ1v) is 5.59. The Balaban J connectivity index is 4.55. The van der Waals surface area contributed by atoms with Crippen LogP contribution in [0.4, 0.5) is 4.79 Å². The molecule has 17 heavy (non-hydrogen) atoms. The van der Waals surface area contributed by atoms with Crippen LogP contribution in [0.1, 0.15) is 34.6 Å². The normalized spacial score (nSPS) is 14.8. The van der Waals surface area contributed by atoms with Crippen LogP contribution in [0, 0.1) is 0 Å². The molecule has 3 N–H and O–H groups in total. The molecule has 0 saturated heterocycles. The van der Waals surface area contributed by atoms with Crippen molar-refractivity contribution >= 4 is 6.09 Å². The van der Waals surface area contributed by atoms with E-state index in [1.165, 1.54) is 0 Å². The molecule has 5 nitrogen and oxygen atoms in total. The Morgan fingerprint density at radius 2 is 1.94 bits per heavy atom.